The number of hydrogen-bond donors (Lipinski definition) is 0. The maximum Gasteiger partial charge on any atom is 0.229 e. The van der Waals surface area contributed by atoms with Crippen molar-refractivity contribution >= 4 is 17.6 Å². The van der Waals surface area contributed by atoms with Gasteiger partial charge in [0.05, 0.1) is 0 Å². The minimum atomic E-state index is -0.390. The fraction of sp³-hybridized carbons (Fsp3) is 0.318. The molecule has 5 heteroatoms. The van der Waals surface area contributed by atoms with E-state index in [4.69, 9.17) is 0 Å². The lowest BCUT2D eigenvalue weighted by molar-refractivity contribution is -0.143. The van der Waals surface area contributed by atoms with Crippen LogP contribution in [-0.2, 0) is 16.0 Å². The molecule has 1 unspecified atom stereocenters. The Balaban J connectivity index is 1.53. The molecule has 0 aromatic heterocycles. The highest BCUT2D eigenvalue weighted by atomic mass is 19.1. The molecule has 0 radical (unpaired) electrons. The van der Waals surface area contributed by atoms with Crippen molar-refractivity contribution in [2.24, 2.45) is 0 Å². The third kappa shape index (κ3) is 4.88. The average molecular weight is 367 g/mol. The van der Waals surface area contributed by atoms with Gasteiger partial charge >= 0.3 is 0 Å². The van der Waals surface area contributed by atoms with Crippen molar-refractivity contribution < 1.29 is 18.8 Å². The van der Waals surface area contributed by atoms with Crippen LogP contribution in [0.5, 0.6) is 0 Å². The molecule has 1 atom stereocenters. The topological polar surface area (TPSA) is 54.5 Å². The second kappa shape index (κ2) is 8.71. The Bertz CT molecular complexity index is 817. The maximum atomic E-state index is 12.9. The van der Waals surface area contributed by atoms with Gasteiger partial charge in [-0.2, -0.15) is 0 Å². The van der Waals surface area contributed by atoms with Crippen LogP contribution in [0.1, 0.15) is 48.0 Å². The van der Waals surface area contributed by atoms with Crippen molar-refractivity contribution in [3.8, 4) is 0 Å². The Morgan fingerprint density at radius 3 is 2.41 bits per heavy atom. The zero-order valence-corrected chi connectivity index (χ0v) is 15.1. The van der Waals surface area contributed by atoms with E-state index in [1.807, 2.05) is 30.3 Å². The van der Waals surface area contributed by atoms with Crippen molar-refractivity contribution in [2.45, 2.75) is 44.6 Å². The molecular weight excluding hydrogens is 345 g/mol. The van der Waals surface area contributed by atoms with E-state index in [0.717, 1.165) is 5.56 Å². The molecule has 1 fully saturated rings. The number of imide groups is 1. The van der Waals surface area contributed by atoms with Crippen LogP contribution in [0.2, 0.25) is 0 Å². The highest BCUT2D eigenvalue weighted by Crippen LogP contribution is 2.24. The summed E-state index contributed by atoms with van der Waals surface area (Å²) in [4.78, 5) is 38.2. The Kier molecular flexibility index (Phi) is 6.12. The first-order valence-corrected chi connectivity index (χ1v) is 9.22. The number of likely N-dealkylation sites (tertiary alicyclic amines) is 1. The lowest BCUT2D eigenvalue weighted by Crippen LogP contribution is -2.39. The summed E-state index contributed by atoms with van der Waals surface area (Å²) >= 11 is 0. The standard InChI is InChI=1S/C22H22FNO3/c23-18-11-9-17(10-12-18)20(25)7-4-8-21(26)24-19(13-14-22(24)27)15-16-5-2-1-3-6-16/h1-3,5-6,9-12,19H,4,7-8,13-15H2. The molecule has 27 heavy (non-hydrogen) atoms. The predicted molar refractivity (Wildman–Crippen MR) is 99.6 cm³/mol. The summed E-state index contributed by atoms with van der Waals surface area (Å²) in [6, 6.07) is 15.1. The molecule has 0 N–H and O–H groups in total. The SMILES string of the molecule is O=C(CCCC(=O)N1C(=O)CCC1Cc1ccccc1)c1ccc(F)cc1. The van der Waals surface area contributed by atoms with E-state index in [1.165, 1.54) is 29.2 Å². The van der Waals surface area contributed by atoms with Crippen LogP contribution in [-0.4, -0.2) is 28.5 Å². The number of amides is 2. The van der Waals surface area contributed by atoms with Crippen molar-refractivity contribution in [2.75, 3.05) is 0 Å². The smallest absolute Gasteiger partial charge is 0.229 e. The first kappa shape index (κ1) is 19.0. The Hall–Kier alpha value is -2.82. The Labute approximate surface area is 158 Å². The molecular formula is C22H22FNO3. The summed E-state index contributed by atoms with van der Waals surface area (Å²) in [7, 11) is 0. The molecule has 1 saturated heterocycles. The van der Waals surface area contributed by atoms with Crippen LogP contribution in [0.4, 0.5) is 4.39 Å². The van der Waals surface area contributed by atoms with Gasteiger partial charge in [-0.05, 0) is 49.1 Å². The van der Waals surface area contributed by atoms with Gasteiger partial charge in [-0.1, -0.05) is 30.3 Å². The second-order valence-corrected chi connectivity index (χ2v) is 6.82. The van der Waals surface area contributed by atoms with E-state index < -0.39 is 5.82 Å². The maximum absolute atomic E-state index is 12.9. The van der Waals surface area contributed by atoms with E-state index in [2.05, 4.69) is 0 Å². The van der Waals surface area contributed by atoms with Crippen LogP contribution in [0, 0.1) is 5.82 Å². The van der Waals surface area contributed by atoms with Gasteiger partial charge in [0.1, 0.15) is 5.82 Å². The monoisotopic (exact) mass is 367 g/mol. The molecule has 0 aliphatic carbocycles. The first-order valence-electron chi connectivity index (χ1n) is 9.22. The van der Waals surface area contributed by atoms with E-state index in [1.54, 1.807) is 0 Å². The molecule has 0 saturated carbocycles. The third-order valence-electron chi connectivity index (χ3n) is 4.87. The number of ketones is 1. The first-order chi connectivity index (χ1) is 13.0. The van der Waals surface area contributed by atoms with Gasteiger partial charge < -0.3 is 0 Å². The summed E-state index contributed by atoms with van der Waals surface area (Å²) in [6.07, 6.45) is 2.45. The number of benzene rings is 2. The van der Waals surface area contributed by atoms with E-state index in [9.17, 15) is 18.8 Å². The molecule has 3 rings (SSSR count). The number of halogens is 1. The number of carbonyl (C=O) groups excluding carboxylic acids is 3. The normalized spacial score (nSPS) is 16.6. The zero-order valence-electron chi connectivity index (χ0n) is 15.1. The molecule has 1 heterocycles. The fourth-order valence-corrected chi connectivity index (χ4v) is 3.47. The van der Waals surface area contributed by atoms with Gasteiger partial charge in [0.25, 0.3) is 0 Å². The van der Waals surface area contributed by atoms with Crippen LogP contribution in [0.15, 0.2) is 54.6 Å². The van der Waals surface area contributed by atoms with Gasteiger partial charge in [0, 0.05) is 30.9 Å². The van der Waals surface area contributed by atoms with E-state index >= 15 is 0 Å². The molecule has 1 aliphatic heterocycles. The minimum absolute atomic E-state index is 0.111. The summed E-state index contributed by atoms with van der Waals surface area (Å²) in [5, 5.41) is 0. The molecule has 2 aromatic rings. The molecule has 0 bridgehead atoms. The van der Waals surface area contributed by atoms with Gasteiger partial charge in [0.2, 0.25) is 11.8 Å². The molecule has 140 valence electrons. The van der Waals surface area contributed by atoms with Gasteiger partial charge in [-0.15, -0.1) is 0 Å². The largest absolute Gasteiger partial charge is 0.294 e. The van der Waals surface area contributed by atoms with E-state index in [0.29, 0.717) is 31.2 Å². The van der Waals surface area contributed by atoms with Crippen molar-refractivity contribution in [1.29, 1.82) is 0 Å². The number of hydrogen-bond acceptors (Lipinski definition) is 3. The van der Waals surface area contributed by atoms with Crippen molar-refractivity contribution in [3.63, 3.8) is 0 Å². The van der Waals surface area contributed by atoms with Gasteiger partial charge in [-0.25, -0.2) is 4.39 Å². The van der Waals surface area contributed by atoms with E-state index in [-0.39, 0.29) is 36.5 Å². The average Bonchev–Trinajstić information content (AvgIpc) is 3.03. The zero-order chi connectivity index (χ0) is 19.2. The van der Waals surface area contributed by atoms with Crippen molar-refractivity contribution in [1.82, 2.24) is 4.90 Å². The summed E-state index contributed by atoms with van der Waals surface area (Å²) in [6.45, 7) is 0. The molecule has 0 spiro atoms. The van der Waals surface area contributed by atoms with Crippen LogP contribution >= 0.6 is 0 Å². The number of Topliss-reactive ketones (excluding diaryl/α,β-unsaturated/α-hetero) is 1. The Morgan fingerprint density at radius 2 is 1.70 bits per heavy atom. The van der Waals surface area contributed by atoms with Crippen LogP contribution < -0.4 is 0 Å². The van der Waals surface area contributed by atoms with Crippen LogP contribution in [0.3, 0.4) is 0 Å². The minimum Gasteiger partial charge on any atom is -0.294 e. The highest BCUT2D eigenvalue weighted by Gasteiger charge is 2.35. The van der Waals surface area contributed by atoms with Gasteiger partial charge in [-0.3, -0.25) is 19.3 Å². The third-order valence-corrected chi connectivity index (χ3v) is 4.87. The molecule has 2 amide bonds. The predicted octanol–water partition coefficient (Wildman–Crippen LogP) is 3.94. The highest BCUT2D eigenvalue weighted by molar-refractivity contribution is 5.98. The van der Waals surface area contributed by atoms with Crippen molar-refractivity contribution in [3.05, 3.63) is 71.5 Å². The summed E-state index contributed by atoms with van der Waals surface area (Å²) < 4.78 is 12.9. The number of carbonyl (C=O) groups is 3. The summed E-state index contributed by atoms with van der Waals surface area (Å²) in [5.74, 6) is -0.869. The van der Waals surface area contributed by atoms with Gasteiger partial charge in [0.15, 0.2) is 5.78 Å². The summed E-state index contributed by atoms with van der Waals surface area (Å²) in [5.41, 5.74) is 1.53. The fourth-order valence-electron chi connectivity index (χ4n) is 3.47. The Morgan fingerprint density at radius 1 is 1.00 bits per heavy atom. The lowest BCUT2D eigenvalue weighted by atomic mass is 10.0. The second-order valence-electron chi connectivity index (χ2n) is 6.82. The van der Waals surface area contributed by atoms with Crippen LogP contribution in [0.25, 0.3) is 0 Å². The molecule has 4 nitrogen and oxygen atoms in total. The number of nitrogens with zero attached hydrogens (tertiary/aromatic N) is 1. The lowest BCUT2D eigenvalue weighted by Gasteiger charge is -2.23. The quantitative estimate of drug-likeness (QED) is 0.697. The molecule has 2 aromatic carbocycles. The molecule has 1 aliphatic rings. The number of rotatable bonds is 7.